The van der Waals surface area contributed by atoms with Gasteiger partial charge in [-0.05, 0) is 30.2 Å². The maximum atomic E-state index is 11.7. The number of aliphatic hydroxyl groups is 1. The van der Waals surface area contributed by atoms with Crippen LogP contribution in [0.25, 0.3) is 6.08 Å². The van der Waals surface area contributed by atoms with Gasteiger partial charge in [-0.2, -0.15) is 4.98 Å². The van der Waals surface area contributed by atoms with Crippen LogP contribution in [0.5, 0.6) is 0 Å². The van der Waals surface area contributed by atoms with E-state index in [1.807, 2.05) is 17.2 Å². The minimum atomic E-state index is -0.879. The number of rotatable bonds is 7. The van der Waals surface area contributed by atoms with Gasteiger partial charge in [-0.3, -0.25) is 0 Å². The number of aliphatic hydroxyl groups excluding tert-OH is 1. The first-order valence-electron chi connectivity index (χ1n) is 11.7. The van der Waals surface area contributed by atoms with Crippen LogP contribution in [0, 0.1) is 0 Å². The highest BCUT2D eigenvalue weighted by atomic mass is 16.5. The molecule has 0 radical (unpaired) electrons. The summed E-state index contributed by atoms with van der Waals surface area (Å²) in [6.45, 7) is 6.21. The highest BCUT2D eigenvalue weighted by Gasteiger charge is 2.27. The first-order valence-corrected chi connectivity index (χ1v) is 11.7. The van der Waals surface area contributed by atoms with Crippen LogP contribution in [0.3, 0.4) is 0 Å². The molecule has 0 bridgehead atoms. The molecule has 3 heterocycles. The Balaban J connectivity index is 1.41. The molecule has 2 aromatic rings. The molecule has 182 valence electrons. The van der Waals surface area contributed by atoms with Crippen molar-refractivity contribution in [3.05, 3.63) is 47.3 Å². The van der Waals surface area contributed by atoms with Gasteiger partial charge in [0.2, 0.25) is 5.95 Å². The van der Waals surface area contributed by atoms with Gasteiger partial charge >= 0.3 is 6.09 Å². The van der Waals surface area contributed by atoms with E-state index >= 15 is 0 Å². The number of carbonyl (C=O) groups is 1. The Kier molecular flexibility index (Phi) is 7.36. The summed E-state index contributed by atoms with van der Waals surface area (Å²) in [6.07, 6.45) is 4.60. The van der Waals surface area contributed by atoms with Crippen LogP contribution >= 0.6 is 0 Å². The number of hydrogen-bond donors (Lipinski definition) is 3. The van der Waals surface area contributed by atoms with Crippen molar-refractivity contribution in [3.8, 4) is 0 Å². The lowest BCUT2D eigenvalue weighted by molar-refractivity contribution is 0.0296. The highest BCUT2D eigenvalue weighted by molar-refractivity contribution is 5.68. The lowest BCUT2D eigenvalue weighted by atomic mass is 10.1. The third-order valence-electron chi connectivity index (χ3n) is 6.19. The number of unbranched alkanes of at least 4 members (excludes halogenated alkanes) is 1. The van der Waals surface area contributed by atoms with Gasteiger partial charge in [0.05, 0.1) is 18.4 Å². The molecule has 1 aromatic carbocycles. The van der Waals surface area contributed by atoms with Crippen molar-refractivity contribution in [2.75, 3.05) is 55.8 Å². The summed E-state index contributed by atoms with van der Waals surface area (Å²) < 4.78 is 4.81. The van der Waals surface area contributed by atoms with Crippen molar-refractivity contribution in [1.82, 2.24) is 19.8 Å². The zero-order valence-corrected chi connectivity index (χ0v) is 19.8. The highest BCUT2D eigenvalue weighted by Crippen LogP contribution is 2.34. The van der Waals surface area contributed by atoms with Crippen LogP contribution < -0.4 is 16.0 Å². The minimum absolute atomic E-state index is 0.186. The van der Waals surface area contributed by atoms with E-state index in [0.717, 1.165) is 43.7 Å². The standard InChI is InChI=1S/C24H33N7O3/c1-3-4-10-26-21-20-19(27-23(25)28-21)9-11-31(22(20)32)16-17-5-7-18(8-6-17)29-12-14-30(15-13-29)24(33)34-2/h5-9,11,22,32H,3-4,10,12-16H2,1-2H3,(H3,25,26,27,28). The quantitative estimate of drug-likeness (QED) is 0.528. The number of nitrogens with zero attached hydrogens (tertiary/aromatic N) is 5. The number of aromatic nitrogens is 2. The fraction of sp³-hybridized carbons (Fsp3) is 0.458. The van der Waals surface area contributed by atoms with Crippen molar-refractivity contribution in [3.63, 3.8) is 0 Å². The second kappa shape index (κ2) is 10.6. The van der Waals surface area contributed by atoms with E-state index in [0.29, 0.717) is 36.7 Å². The van der Waals surface area contributed by atoms with Gasteiger partial charge in [0.15, 0.2) is 6.23 Å². The monoisotopic (exact) mass is 467 g/mol. The maximum Gasteiger partial charge on any atom is 0.409 e. The van der Waals surface area contributed by atoms with Crippen molar-refractivity contribution < 1.29 is 14.6 Å². The lowest BCUT2D eigenvalue weighted by Gasteiger charge is -2.35. The molecular weight excluding hydrogens is 434 g/mol. The van der Waals surface area contributed by atoms with Gasteiger partial charge < -0.3 is 35.6 Å². The Hall–Kier alpha value is -3.53. The number of methoxy groups -OCH3 is 1. The van der Waals surface area contributed by atoms with Gasteiger partial charge in [0, 0.05) is 51.2 Å². The van der Waals surface area contributed by atoms with Crippen molar-refractivity contribution >= 4 is 29.6 Å². The van der Waals surface area contributed by atoms with Crippen LogP contribution in [-0.4, -0.2) is 70.8 Å². The zero-order valence-electron chi connectivity index (χ0n) is 19.8. The summed E-state index contributed by atoms with van der Waals surface area (Å²) >= 11 is 0. The van der Waals surface area contributed by atoms with E-state index in [9.17, 15) is 9.90 Å². The SMILES string of the molecule is CCCCNc1nc(N)nc2c1C(O)N(Cc1ccc(N3CCN(C(=O)OC)CC3)cc1)C=C2. The number of anilines is 3. The van der Waals surface area contributed by atoms with Crippen molar-refractivity contribution in [1.29, 1.82) is 0 Å². The summed E-state index contributed by atoms with van der Waals surface area (Å²) in [4.78, 5) is 26.1. The van der Waals surface area contributed by atoms with Crippen LogP contribution in [0.4, 0.5) is 22.2 Å². The number of piperazine rings is 1. The average molecular weight is 468 g/mol. The molecular formula is C24H33N7O3. The zero-order chi connectivity index (χ0) is 24.1. The molecule has 1 fully saturated rings. The summed E-state index contributed by atoms with van der Waals surface area (Å²) in [5, 5.41) is 14.4. The minimum Gasteiger partial charge on any atom is -0.453 e. The Labute approximate surface area is 200 Å². The Morgan fingerprint density at radius 1 is 1.21 bits per heavy atom. The second-order valence-electron chi connectivity index (χ2n) is 8.48. The molecule has 10 nitrogen and oxygen atoms in total. The van der Waals surface area contributed by atoms with E-state index < -0.39 is 6.23 Å². The lowest BCUT2D eigenvalue weighted by Crippen LogP contribution is -2.48. The molecule has 1 saturated heterocycles. The van der Waals surface area contributed by atoms with Gasteiger partial charge in [-0.1, -0.05) is 25.5 Å². The molecule has 4 N–H and O–H groups in total. The average Bonchev–Trinajstić information content (AvgIpc) is 2.85. The number of nitrogens with two attached hydrogens (primary N) is 1. The molecule has 10 heteroatoms. The molecule has 2 aliphatic heterocycles. The van der Waals surface area contributed by atoms with E-state index in [2.05, 4.69) is 51.4 Å². The van der Waals surface area contributed by atoms with Gasteiger partial charge in [-0.25, -0.2) is 9.78 Å². The third-order valence-corrected chi connectivity index (χ3v) is 6.19. The molecule has 0 saturated carbocycles. The third kappa shape index (κ3) is 5.17. The first-order chi connectivity index (χ1) is 16.5. The van der Waals surface area contributed by atoms with E-state index in [1.165, 1.54) is 7.11 Å². The first kappa shape index (κ1) is 23.6. The number of carbonyl (C=O) groups excluding carboxylic acids is 1. The molecule has 0 aliphatic carbocycles. The molecule has 4 rings (SSSR count). The Bertz CT molecular complexity index is 1020. The number of hydrogen-bond acceptors (Lipinski definition) is 9. The molecule has 34 heavy (non-hydrogen) atoms. The number of ether oxygens (including phenoxy) is 1. The van der Waals surface area contributed by atoms with Crippen molar-refractivity contribution in [2.24, 2.45) is 0 Å². The van der Waals surface area contributed by atoms with Crippen LogP contribution in [0.1, 0.15) is 42.8 Å². The van der Waals surface area contributed by atoms with Gasteiger partial charge in [-0.15, -0.1) is 0 Å². The van der Waals surface area contributed by atoms with E-state index in [1.54, 1.807) is 4.90 Å². The molecule has 2 aliphatic rings. The predicted molar refractivity (Wildman–Crippen MR) is 132 cm³/mol. The maximum absolute atomic E-state index is 11.7. The fourth-order valence-corrected chi connectivity index (χ4v) is 4.26. The van der Waals surface area contributed by atoms with Crippen LogP contribution in [0.2, 0.25) is 0 Å². The Morgan fingerprint density at radius 3 is 2.62 bits per heavy atom. The van der Waals surface area contributed by atoms with E-state index in [4.69, 9.17) is 10.5 Å². The molecule has 0 spiro atoms. The predicted octanol–water partition coefficient (Wildman–Crippen LogP) is 2.64. The van der Waals surface area contributed by atoms with Crippen LogP contribution in [-0.2, 0) is 11.3 Å². The smallest absolute Gasteiger partial charge is 0.409 e. The summed E-state index contributed by atoms with van der Waals surface area (Å²) in [5.74, 6) is 0.769. The van der Waals surface area contributed by atoms with Crippen molar-refractivity contribution in [2.45, 2.75) is 32.5 Å². The number of benzene rings is 1. The number of amides is 1. The van der Waals surface area contributed by atoms with Crippen LogP contribution in [0.15, 0.2) is 30.5 Å². The van der Waals surface area contributed by atoms with Gasteiger partial charge in [0.25, 0.3) is 0 Å². The number of nitrogen functional groups attached to an aromatic ring is 1. The molecule has 1 aromatic heterocycles. The largest absolute Gasteiger partial charge is 0.453 e. The van der Waals surface area contributed by atoms with Gasteiger partial charge in [0.1, 0.15) is 5.82 Å². The number of nitrogens with one attached hydrogen (secondary N) is 1. The fourth-order valence-electron chi connectivity index (χ4n) is 4.26. The molecule has 1 amide bonds. The summed E-state index contributed by atoms with van der Waals surface area (Å²) in [5.41, 5.74) is 9.34. The number of fused-ring (bicyclic) bond motifs is 1. The Morgan fingerprint density at radius 2 is 1.94 bits per heavy atom. The topological polar surface area (TPSA) is 120 Å². The molecule has 1 unspecified atom stereocenters. The summed E-state index contributed by atoms with van der Waals surface area (Å²) in [7, 11) is 1.41. The molecule has 1 atom stereocenters. The normalized spacial score (nSPS) is 17.5. The second-order valence-corrected chi connectivity index (χ2v) is 8.48. The summed E-state index contributed by atoms with van der Waals surface area (Å²) in [6, 6.07) is 8.30. The van der Waals surface area contributed by atoms with E-state index in [-0.39, 0.29) is 12.0 Å².